The highest BCUT2D eigenvalue weighted by atomic mass is 16.6. The van der Waals surface area contributed by atoms with Crippen molar-refractivity contribution in [3.8, 4) is 5.75 Å². The molecule has 2 spiro atoms. The molecule has 1 amide bonds. The zero-order valence-corrected chi connectivity index (χ0v) is 15.5. The van der Waals surface area contributed by atoms with Crippen LogP contribution in [0, 0.1) is 5.41 Å². The zero-order valence-electron chi connectivity index (χ0n) is 15.5. The van der Waals surface area contributed by atoms with Crippen molar-refractivity contribution in [1.29, 1.82) is 0 Å². The van der Waals surface area contributed by atoms with Gasteiger partial charge in [0.25, 0.3) is 0 Å². The number of carbonyl (C=O) groups excluding carboxylic acids is 2. The first-order chi connectivity index (χ1) is 13.0. The molecule has 4 aliphatic heterocycles. The van der Waals surface area contributed by atoms with Gasteiger partial charge in [-0.2, -0.15) is 0 Å². The average Bonchev–Trinajstić information content (AvgIpc) is 3.22. The molecule has 27 heavy (non-hydrogen) atoms. The fraction of sp³-hybridized carbons (Fsp3) is 0.619. The highest BCUT2D eigenvalue weighted by Crippen LogP contribution is 2.73. The van der Waals surface area contributed by atoms with Gasteiger partial charge in [-0.15, -0.1) is 0 Å². The van der Waals surface area contributed by atoms with Crippen molar-refractivity contribution in [2.45, 2.75) is 62.6 Å². The van der Waals surface area contributed by atoms with Crippen LogP contribution in [0.4, 0.5) is 5.69 Å². The summed E-state index contributed by atoms with van der Waals surface area (Å²) in [6.07, 6.45) is 5.15. The van der Waals surface area contributed by atoms with Crippen LogP contribution < -0.4 is 4.90 Å². The molecule has 1 N–H and O–H groups in total. The van der Waals surface area contributed by atoms with Crippen molar-refractivity contribution in [1.82, 2.24) is 4.90 Å². The van der Waals surface area contributed by atoms with E-state index >= 15 is 0 Å². The summed E-state index contributed by atoms with van der Waals surface area (Å²) in [6.45, 7) is 3.37. The monoisotopic (exact) mass is 368 g/mol. The van der Waals surface area contributed by atoms with E-state index in [2.05, 4.69) is 4.90 Å². The van der Waals surface area contributed by atoms with Gasteiger partial charge in [0, 0.05) is 25.4 Å². The Balaban J connectivity index is 1.70. The van der Waals surface area contributed by atoms with Crippen LogP contribution in [0.2, 0.25) is 0 Å². The Labute approximate surface area is 158 Å². The number of benzene rings is 1. The van der Waals surface area contributed by atoms with Crippen molar-refractivity contribution >= 4 is 17.6 Å². The van der Waals surface area contributed by atoms with Crippen molar-refractivity contribution in [3.63, 3.8) is 0 Å². The fourth-order valence-corrected chi connectivity index (χ4v) is 7.68. The maximum atomic E-state index is 12.7. The molecule has 4 fully saturated rings. The summed E-state index contributed by atoms with van der Waals surface area (Å²) < 4.78 is 6.33. The summed E-state index contributed by atoms with van der Waals surface area (Å²) in [7, 11) is 0. The summed E-state index contributed by atoms with van der Waals surface area (Å²) in [5.74, 6) is -0.0130. The Hall–Kier alpha value is -2.08. The molecule has 4 heterocycles. The number of hydrogen-bond donors (Lipinski definition) is 1. The number of rotatable bonds is 0. The predicted molar refractivity (Wildman–Crippen MR) is 97.3 cm³/mol. The van der Waals surface area contributed by atoms with E-state index < -0.39 is 11.1 Å². The molecule has 0 bridgehead atoms. The van der Waals surface area contributed by atoms with Gasteiger partial charge < -0.3 is 14.7 Å². The first-order valence-corrected chi connectivity index (χ1v) is 10.1. The number of amides is 1. The number of esters is 1. The van der Waals surface area contributed by atoms with E-state index in [0.29, 0.717) is 12.1 Å². The van der Waals surface area contributed by atoms with Gasteiger partial charge in [-0.25, -0.2) is 0 Å². The van der Waals surface area contributed by atoms with Crippen LogP contribution in [0.5, 0.6) is 5.75 Å². The van der Waals surface area contributed by atoms with E-state index in [1.807, 2.05) is 12.1 Å². The number of anilines is 1. The van der Waals surface area contributed by atoms with Crippen molar-refractivity contribution in [2.24, 2.45) is 5.41 Å². The second kappa shape index (κ2) is 4.66. The molecule has 4 atom stereocenters. The van der Waals surface area contributed by atoms with Crippen LogP contribution in [-0.2, 0) is 19.7 Å². The third-order valence-corrected chi connectivity index (χ3v) is 8.22. The molecule has 1 aliphatic carbocycles. The van der Waals surface area contributed by atoms with E-state index in [-0.39, 0.29) is 29.1 Å². The summed E-state index contributed by atoms with van der Waals surface area (Å²) in [5, 5.41) is 10.7. The Kier molecular flexibility index (Phi) is 2.75. The van der Waals surface area contributed by atoms with Gasteiger partial charge in [-0.1, -0.05) is 12.1 Å². The Morgan fingerprint density at radius 3 is 2.93 bits per heavy atom. The summed E-state index contributed by atoms with van der Waals surface area (Å²) >= 11 is 0. The molecule has 6 heteroatoms. The maximum absolute atomic E-state index is 12.7. The number of ether oxygens (including phenoxy) is 1. The smallest absolute Gasteiger partial charge is 0.308 e. The molecule has 0 aromatic heterocycles. The Bertz CT molecular complexity index is 900. The van der Waals surface area contributed by atoms with Gasteiger partial charge >= 0.3 is 5.97 Å². The van der Waals surface area contributed by atoms with Crippen LogP contribution in [0.25, 0.3) is 0 Å². The molecule has 142 valence electrons. The van der Waals surface area contributed by atoms with Crippen LogP contribution in [0.1, 0.15) is 51.0 Å². The first kappa shape index (κ1) is 15.9. The van der Waals surface area contributed by atoms with E-state index in [0.717, 1.165) is 50.8 Å². The largest absolute Gasteiger partial charge is 0.506 e. The molecule has 1 saturated carbocycles. The highest BCUT2D eigenvalue weighted by Gasteiger charge is 2.82. The highest BCUT2D eigenvalue weighted by molar-refractivity contribution is 5.98. The lowest BCUT2D eigenvalue weighted by molar-refractivity contribution is -0.230. The third kappa shape index (κ3) is 1.45. The summed E-state index contributed by atoms with van der Waals surface area (Å²) in [6, 6.07) is 5.49. The lowest BCUT2D eigenvalue weighted by Gasteiger charge is -2.61. The number of hydrogen-bond acceptors (Lipinski definition) is 5. The molecule has 3 saturated heterocycles. The van der Waals surface area contributed by atoms with Gasteiger partial charge in [0.2, 0.25) is 5.91 Å². The molecule has 0 radical (unpaired) electrons. The van der Waals surface area contributed by atoms with Gasteiger partial charge in [-0.3, -0.25) is 14.5 Å². The number of nitrogens with zero attached hydrogens (tertiary/aromatic N) is 2. The van der Waals surface area contributed by atoms with Crippen LogP contribution in [0.15, 0.2) is 18.2 Å². The molecule has 1 aromatic carbocycles. The summed E-state index contributed by atoms with van der Waals surface area (Å²) in [4.78, 5) is 29.6. The van der Waals surface area contributed by atoms with Crippen molar-refractivity contribution < 1.29 is 19.4 Å². The zero-order chi connectivity index (χ0) is 18.6. The van der Waals surface area contributed by atoms with E-state index in [9.17, 15) is 14.7 Å². The second-order valence-corrected chi connectivity index (χ2v) is 9.00. The van der Waals surface area contributed by atoms with Crippen molar-refractivity contribution in [2.75, 3.05) is 18.0 Å². The SMILES string of the molecule is CC(=O)N1c2c(O)cccc2[C@]23CCN4CCC[C@@]5(CC[C@@H]12)CC(=O)O[C@@]453. The normalized spacial score (nSPS) is 41.6. The molecule has 0 unspecified atom stereocenters. The Morgan fingerprint density at radius 2 is 2.11 bits per heavy atom. The van der Waals surface area contributed by atoms with Gasteiger partial charge in [0.05, 0.1) is 23.6 Å². The van der Waals surface area contributed by atoms with Crippen LogP contribution in [0.3, 0.4) is 0 Å². The molecular formula is C21H24N2O4. The number of aromatic hydroxyl groups is 1. The van der Waals surface area contributed by atoms with Crippen LogP contribution >= 0.6 is 0 Å². The minimum Gasteiger partial charge on any atom is -0.506 e. The van der Waals surface area contributed by atoms with Gasteiger partial charge in [-0.05, 0) is 43.7 Å². The van der Waals surface area contributed by atoms with Crippen LogP contribution in [-0.4, -0.2) is 46.7 Å². The topological polar surface area (TPSA) is 70.1 Å². The first-order valence-electron chi connectivity index (χ1n) is 10.1. The summed E-state index contributed by atoms with van der Waals surface area (Å²) in [5.41, 5.74) is 0.328. The maximum Gasteiger partial charge on any atom is 0.308 e. The van der Waals surface area contributed by atoms with E-state index in [1.54, 1.807) is 17.9 Å². The van der Waals surface area contributed by atoms with Gasteiger partial charge in [0.15, 0.2) is 5.72 Å². The third-order valence-electron chi connectivity index (χ3n) is 8.22. The number of phenols is 1. The number of fused-ring (bicyclic) bond motifs is 1. The number of carbonyl (C=O) groups is 2. The quantitative estimate of drug-likeness (QED) is 0.712. The molecule has 5 aliphatic rings. The second-order valence-electron chi connectivity index (χ2n) is 9.00. The molecule has 6 nitrogen and oxygen atoms in total. The van der Waals surface area contributed by atoms with E-state index in [1.165, 1.54) is 0 Å². The van der Waals surface area contributed by atoms with E-state index in [4.69, 9.17) is 4.74 Å². The lowest BCUT2D eigenvalue weighted by Crippen LogP contribution is -2.73. The predicted octanol–water partition coefficient (Wildman–Crippen LogP) is 2.29. The van der Waals surface area contributed by atoms with Gasteiger partial charge in [0.1, 0.15) is 5.75 Å². The van der Waals surface area contributed by atoms with Crippen molar-refractivity contribution in [3.05, 3.63) is 23.8 Å². The molecule has 1 aromatic rings. The number of piperidine rings is 1. The Morgan fingerprint density at radius 1 is 1.26 bits per heavy atom. The standard InChI is InChI=1S/C21H24N2O4/c1-13(24)23-16-6-8-19-7-3-10-22-11-9-20(16,21(19,22)27-17(26)12-19)14-4-2-5-15(25)18(14)23/h2,4-5,16,25H,3,6-12H2,1H3/t16-,19-,20-,21+/m1/s1. The minimum absolute atomic E-state index is 0.0536. The minimum atomic E-state index is -0.676. The average molecular weight is 368 g/mol. The number of phenolic OH excluding ortho intramolecular Hbond substituents is 1. The fourth-order valence-electron chi connectivity index (χ4n) is 7.68. The molecule has 6 rings (SSSR count). The lowest BCUT2D eigenvalue weighted by atomic mass is 9.50. The molecular weight excluding hydrogens is 344 g/mol. The number of para-hydroxylation sites is 1.